The number of benzene rings is 2. The quantitative estimate of drug-likeness (QED) is 0.828. The molecular formula is C14H11N3O. The molecule has 4 nitrogen and oxygen atoms in total. The van der Waals surface area contributed by atoms with Gasteiger partial charge in [-0.05, 0) is 18.4 Å². The molecule has 0 saturated heterocycles. The summed E-state index contributed by atoms with van der Waals surface area (Å²) in [6, 6.07) is 13.6. The molecule has 3 rings (SSSR count). The normalized spacial score (nSPS) is 15.4. The summed E-state index contributed by atoms with van der Waals surface area (Å²) in [4.78, 5) is 11.6. The fourth-order valence-corrected chi connectivity index (χ4v) is 2.08. The number of nitrogens with zero attached hydrogens (tertiary/aromatic N) is 2. The molecule has 2 aromatic carbocycles. The highest BCUT2D eigenvalue weighted by molar-refractivity contribution is 6.70. The molecule has 2 aromatic rings. The molecule has 0 atom stereocenters. The summed E-state index contributed by atoms with van der Waals surface area (Å²) in [6.45, 7) is 1.63. The molecule has 18 heavy (non-hydrogen) atoms. The van der Waals surface area contributed by atoms with E-state index in [2.05, 4.69) is 5.10 Å². The maximum Gasteiger partial charge on any atom is 0.245 e. The lowest BCUT2D eigenvalue weighted by atomic mass is 10.1. The second-order valence-corrected chi connectivity index (χ2v) is 4.17. The first-order chi connectivity index (χ1) is 8.68. The molecular weight excluding hydrogens is 226 g/mol. The summed E-state index contributed by atoms with van der Waals surface area (Å²) in [5.41, 5.74) is 1.12. The Morgan fingerprint density at radius 2 is 1.83 bits per heavy atom. The van der Waals surface area contributed by atoms with Gasteiger partial charge in [0.2, 0.25) is 5.78 Å². The Balaban J connectivity index is 2.22. The van der Waals surface area contributed by atoms with Gasteiger partial charge in [-0.15, -0.1) is 0 Å². The molecule has 1 aliphatic rings. The number of Topliss-reactive ketones (excluding diaryl/α,β-unsaturated/α-hetero) is 1. The monoisotopic (exact) mass is 237 g/mol. The molecule has 1 N–H and O–H groups in total. The number of fused-ring (bicyclic) bond motifs is 1. The molecule has 1 heterocycles. The van der Waals surface area contributed by atoms with Gasteiger partial charge < -0.3 is 0 Å². The van der Waals surface area contributed by atoms with Gasteiger partial charge in [0.15, 0.2) is 5.84 Å². The molecule has 0 fully saturated rings. The Labute approximate surface area is 104 Å². The first-order valence-electron chi connectivity index (χ1n) is 5.65. The smallest absolute Gasteiger partial charge is 0.245 e. The van der Waals surface area contributed by atoms with E-state index in [4.69, 9.17) is 5.41 Å². The van der Waals surface area contributed by atoms with Gasteiger partial charge in [0.1, 0.15) is 5.71 Å². The molecule has 1 aliphatic heterocycles. The van der Waals surface area contributed by atoms with E-state index >= 15 is 0 Å². The maximum atomic E-state index is 11.6. The van der Waals surface area contributed by atoms with Crippen molar-refractivity contribution in [3.8, 4) is 0 Å². The van der Waals surface area contributed by atoms with Crippen molar-refractivity contribution in [2.75, 3.05) is 5.01 Å². The van der Waals surface area contributed by atoms with Crippen LogP contribution >= 0.6 is 0 Å². The van der Waals surface area contributed by atoms with Crippen molar-refractivity contribution in [1.82, 2.24) is 0 Å². The summed E-state index contributed by atoms with van der Waals surface area (Å²) in [5, 5.41) is 15.4. The summed E-state index contributed by atoms with van der Waals surface area (Å²) in [6.07, 6.45) is 0. The number of carbonyl (C=O) groups excluding carboxylic acids is 1. The van der Waals surface area contributed by atoms with Crippen molar-refractivity contribution in [1.29, 1.82) is 5.41 Å². The zero-order valence-electron chi connectivity index (χ0n) is 9.84. The second kappa shape index (κ2) is 3.77. The Morgan fingerprint density at radius 1 is 1.11 bits per heavy atom. The highest BCUT2D eigenvalue weighted by Crippen LogP contribution is 2.28. The lowest BCUT2D eigenvalue weighted by Gasteiger charge is -2.15. The van der Waals surface area contributed by atoms with Crippen LogP contribution in [0.5, 0.6) is 0 Å². The van der Waals surface area contributed by atoms with Gasteiger partial charge in [-0.1, -0.05) is 36.4 Å². The van der Waals surface area contributed by atoms with Gasteiger partial charge >= 0.3 is 0 Å². The molecule has 88 valence electrons. The van der Waals surface area contributed by atoms with Crippen LogP contribution in [-0.4, -0.2) is 17.3 Å². The summed E-state index contributed by atoms with van der Waals surface area (Å²) >= 11 is 0. The van der Waals surface area contributed by atoms with Crippen molar-refractivity contribution >= 4 is 33.8 Å². The third kappa shape index (κ3) is 1.43. The number of amidine groups is 1. The molecule has 0 aromatic heterocycles. The highest BCUT2D eigenvalue weighted by Gasteiger charge is 2.29. The van der Waals surface area contributed by atoms with Crippen LogP contribution in [0.15, 0.2) is 47.6 Å². The van der Waals surface area contributed by atoms with Crippen LogP contribution in [0.3, 0.4) is 0 Å². The van der Waals surface area contributed by atoms with Gasteiger partial charge in [-0.2, -0.15) is 5.10 Å². The standard InChI is InChI=1S/C14H11N3O/c1-9-13(18)14(15)17(16-9)12-8-4-6-10-5-2-3-7-11(10)12/h2-8,15H,1H3. The third-order valence-electron chi connectivity index (χ3n) is 3.00. The van der Waals surface area contributed by atoms with Gasteiger partial charge in [0.05, 0.1) is 5.69 Å². The van der Waals surface area contributed by atoms with E-state index in [9.17, 15) is 4.79 Å². The first kappa shape index (κ1) is 10.7. The highest BCUT2D eigenvalue weighted by atomic mass is 16.1. The number of rotatable bonds is 1. The number of nitrogens with one attached hydrogen (secondary N) is 1. The van der Waals surface area contributed by atoms with Gasteiger partial charge in [0.25, 0.3) is 0 Å². The van der Waals surface area contributed by atoms with E-state index < -0.39 is 0 Å². The molecule has 0 spiro atoms. The topological polar surface area (TPSA) is 56.5 Å². The maximum absolute atomic E-state index is 11.6. The number of hydrogen-bond donors (Lipinski definition) is 1. The van der Waals surface area contributed by atoms with Crippen molar-refractivity contribution in [3.05, 3.63) is 42.5 Å². The molecule has 0 aliphatic carbocycles. The zero-order chi connectivity index (χ0) is 12.7. The van der Waals surface area contributed by atoms with Crippen molar-refractivity contribution in [3.63, 3.8) is 0 Å². The molecule has 0 saturated carbocycles. The molecule has 4 heteroatoms. The number of hydrogen-bond acceptors (Lipinski definition) is 3. The predicted molar refractivity (Wildman–Crippen MR) is 72.3 cm³/mol. The lowest BCUT2D eigenvalue weighted by Crippen LogP contribution is -2.26. The number of ketones is 1. The Kier molecular flexibility index (Phi) is 2.23. The molecule has 0 bridgehead atoms. The van der Waals surface area contributed by atoms with Crippen molar-refractivity contribution < 1.29 is 4.79 Å². The van der Waals surface area contributed by atoms with Gasteiger partial charge in [-0.3, -0.25) is 10.2 Å². The summed E-state index contributed by atoms with van der Waals surface area (Å²) in [5.74, 6) is -0.410. The number of anilines is 1. The lowest BCUT2D eigenvalue weighted by molar-refractivity contribution is -0.107. The Morgan fingerprint density at radius 3 is 2.56 bits per heavy atom. The van der Waals surface area contributed by atoms with Gasteiger partial charge in [0, 0.05) is 5.39 Å². The minimum absolute atomic E-state index is 0.0937. The van der Waals surface area contributed by atoms with Crippen LogP contribution in [0, 0.1) is 5.41 Å². The fourth-order valence-electron chi connectivity index (χ4n) is 2.08. The summed E-state index contributed by atoms with van der Waals surface area (Å²) in [7, 11) is 0. The van der Waals surface area contributed by atoms with Crippen LogP contribution < -0.4 is 5.01 Å². The fraction of sp³-hybridized carbons (Fsp3) is 0.0714. The molecule has 0 unspecified atom stereocenters. The van der Waals surface area contributed by atoms with Crippen LogP contribution in [0.1, 0.15) is 6.92 Å². The van der Waals surface area contributed by atoms with Crippen molar-refractivity contribution in [2.24, 2.45) is 5.10 Å². The minimum Gasteiger partial charge on any atom is -0.284 e. The average molecular weight is 237 g/mol. The molecule has 0 amide bonds. The average Bonchev–Trinajstić information content (AvgIpc) is 2.66. The largest absolute Gasteiger partial charge is 0.284 e. The van der Waals surface area contributed by atoms with Gasteiger partial charge in [-0.25, -0.2) is 5.01 Å². The predicted octanol–water partition coefficient (Wildman–Crippen LogP) is 2.58. The van der Waals surface area contributed by atoms with Crippen LogP contribution in [0.2, 0.25) is 0 Å². The second-order valence-electron chi connectivity index (χ2n) is 4.17. The van der Waals surface area contributed by atoms with Crippen molar-refractivity contribution in [2.45, 2.75) is 6.92 Å². The Hall–Kier alpha value is -2.49. The third-order valence-corrected chi connectivity index (χ3v) is 3.00. The van der Waals surface area contributed by atoms with E-state index in [1.165, 1.54) is 5.01 Å². The van der Waals surface area contributed by atoms with E-state index in [0.717, 1.165) is 16.5 Å². The minimum atomic E-state index is -0.317. The first-order valence-corrected chi connectivity index (χ1v) is 5.65. The van der Waals surface area contributed by atoms with E-state index in [0.29, 0.717) is 5.71 Å². The Bertz CT molecular complexity index is 698. The zero-order valence-corrected chi connectivity index (χ0v) is 9.84. The van der Waals surface area contributed by atoms with E-state index in [-0.39, 0.29) is 11.6 Å². The van der Waals surface area contributed by atoms with E-state index in [1.807, 2.05) is 42.5 Å². The number of carbonyl (C=O) groups is 1. The van der Waals surface area contributed by atoms with E-state index in [1.54, 1.807) is 6.92 Å². The number of hydrazone groups is 1. The van der Waals surface area contributed by atoms with Crippen LogP contribution in [-0.2, 0) is 4.79 Å². The summed E-state index contributed by atoms with van der Waals surface area (Å²) < 4.78 is 0. The van der Waals surface area contributed by atoms with Crippen LogP contribution in [0.25, 0.3) is 10.8 Å². The van der Waals surface area contributed by atoms with Crippen LogP contribution in [0.4, 0.5) is 5.69 Å². The molecule has 0 radical (unpaired) electrons. The SMILES string of the molecule is CC1=NN(c2cccc3ccccc23)C(=N)C1=O.